The van der Waals surface area contributed by atoms with Gasteiger partial charge in [-0.15, -0.1) is 0 Å². The Morgan fingerprint density at radius 2 is 1.50 bits per heavy atom. The lowest BCUT2D eigenvalue weighted by molar-refractivity contribution is 1.25. The zero-order valence-corrected chi connectivity index (χ0v) is 13.0. The largest absolute Gasteiger partial charge is 0.0955 e. The van der Waals surface area contributed by atoms with Crippen LogP contribution in [0.4, 0.5) is 0 Å². The van der Waals surface area contributed by atoms with Gasteiger partial charge in [-0.05, 0) is 65.0 Å². The van der Waals surface area contributed by atoms with Gasteiger partial charge in [0.1, 0.15) is 0 Å². The number of allylic oxidation sites excluding steroid dienone is 18. The van der Waals surface area contributed by atoms with Gasteiger partial charge in [0.2, 0.25) is 0 Å². The van der Waals surface area contributed by atoms with Crippen LogP contribution in [-0.4, -0.2) is 0 Å². The molecule has 3 aliphatic carbocycles. The molecular weight excluding hydrogens is 264 g/mol. The topological polar surface area (TPSA) is 0 Å². The summed E-state index contributed by atoms with van der Waals surface area (Å²) >= 11 is 0. The maximum atomic E-state index is 4.11. The molecule has 0 aliphatic heterocycles. The molecule has 0 saturated carbocycles. The van der Waals surface area contributed by atoms with Crippen molar-refractivity contribution in [2.24, 2.45) is 0 Å². The summed E-state index contributed by atoms with van der Waals surface area (Å²) in [5, 5.41) is 0. The summed E-state index contributed by atoms with van der Waals surface area (Å²) < 4.78 is 0. The van der Waals surface area contributed by atoms with Crippen molar-refractivity contribution >= 4 is 0 Å². The second-order valence-electron chi connectivity index (χ2n) is 5.69. The van der Waals surface area contributed by atoms with Crippen LogP contribution in [0.15, 0.2) is 119 Å². The van der Waals surface area contributed by atoms with Gasteiger partial charge in [-0.25, -0.2) is 0 Å². The van der Waals surface area contributed by atoms with E-state index in [2.05, 4.69) is 86.9 Å². The Morgan fingerprint density at radius 1 is 0.773 bits per heavy atom. The Morgan fingerprint density at radius 3 is 2.23 bits per heavy atom. The van der Waals surface area contributed by atoms with Crippen LogP contribution in [-0.2, 0) is 0 Å². The fourth-order valence-corrected chi connectivity index (χ4v) is 2.71. The Balaban J connectivity index is 2.02. The van der Waals surface area contributed by atoms with Gasteiger partial charge in [0.25, 0.3) is 0 Å². The summed E-state index contributed by atoms with van der Waals surface area (Å²) in [5.74, 6) is 0. The van der Waals surface area contributed by atoms with Gasteiger partial charge in [-0.2, -0.15) is 0 Å². The van der Waals surface area contributed by atoms with E-state index in [-0.39, 0.29) is 0 Å². The Bertz CT molecular complexity index is 778. The third-order valence-electron chi connectivity index (χ3n) is 3.94. The predicted molar refractivity (Wildman–Crippen MR) is 96.4 cm³/mol. The van der Waals surface area contributed by atoms with E-state index in [0.717, 1.165) is 17.6 Å². The Kier molecular flexibility index (Phi) is 3.93. The van der Waals surface area contributed by atoms with Crippen LogP contribution in [0, 0.1) is 0 Å². The fraction of sp³-hybridized carbons (Fsp3) is 0.0909. The summed E-state index contributed by atoms with van der Waals surface area (Å²) in [6, 6.07) is 0. The molecule has 0 nitrogen and oxygen atoms in total. The van der Waals surface area contributed by atoms with E-state index in [9.17, 15) is 0 Å². The van der Waals surface area contributed by atoms with Gasteiger partial charge >= 0.3 is 0 Å². The highest BCUT2D eigenvalue weighted by atomic mass is 14.2. The smallest absolute Gasteiger partial charge is 0.00998 e. The highest BCUT2D eigenvalue weighted by molar-refractivity contribution is 5.65. The van der Waals surface area contributed by atoms with Crippen LogP contribution in [0.25, 0.3) is 0 Å². The summed E-state index contributed by atoms with van der Waals surface area (Å²) in [6.45, 7) is 10.2. The van der Waals surface area contributed by atoms with E-state index in [0.29, 0.717) is 0 Å². The van der Waals surface area contributed by atoms with Crippen molar-refractivity contribution in [3.05, 3.63) is 119 Å². The third-order valence-corrected chi connectivity index (χ3v) is 3.94. The molecule has 108 valence electrons. The first kappa shape index (κ1) is 14.3. The lowest BCUT2D eigenvalue weighted by Crippen LogP contribution is -1.91. The van der Waals surface area contributed by atoms with Crippen molar-refractivity contribution in [3.63, 3.8) is 0 Å². The van der Waals surface area contributed by atoms with Crippen LogP contribution >= 0.6 is 0 Å². The van der Waals surface area contributed by atoms with Crippen LogP contribution in [0.3, 0.4) is 0 Å². The first-order valence-electron chi connectivity index (χ1n) is 7.59. The molecule has 3 aliphatic rings. The number of hydrogen-bond donors (Lipinski definition) is 0. The fourth-order valence-electron chi connectivity index (χ4n) is 2.71. The second-order valence-corrected chi connectivity index (χ2v) is 5.69. The van der Waals surface area contributed by atoms with E-state index >= 15 is 0 Å². The molecule has 0 heteroatoms. The first-order valence-corrected chi connectivity index (χ1v) is 7.59. The van der Waals surface area contributed by atoms with Crippen molar-refractivity contribution in [1.29, 1.82) is 0 Å². The second kappa shape index (κ2) is 6.03. The quantitative estimate of drug-likeness (QED) is 0.596. The molecule has 0 aromatic rings. The molecular formula is C22H20. The molecule has 0 spiro atoms. The normalized spacial score (nSPS) is 22.5. The van der Waals surface area contributed by atoms with E-state index in [1.807, 2.05) is 0 Å². The van der Waals surface area contributed by atoms with Crippen molar-refractivity contribution in [2.45, 2.75) is 13.3 Å². The molecule has 22 heavy (non-hydrogen) atoms. The lowest BCUT2D eigenvalue weighted by atomic mass is 9.94. The molecule has 0 radical (unpaired) electrons. The molecule has 0 aromatic heterocycles. The van der Waals surface area contributed by atoms with E-state index in [1.54, 1.807) is 0 Å². The number of hydrogen-bond acceptors (Lipinski definition) is 0. The molecule has 0 fully saturated rings. The summed E-state index contributed by atoms with van der Waals surface area (Å²) in [6.07, 6.45) is 24.7. The molecule has 0 saturated heterocycles. The van der Waals surface area contributed by atoms with Gasteiger partial charge in [0.05, 0.1) is 0 Å². The van der Waals surface area contributed by atoms with Gasteiger partial charge in [0.15, 0.2) is 0 Å². The maximum absolute atomic E-state index is 4.11. The molecule has 0 amide bonds. The Labute approximate surface area is 132 Å². The minimum absolute atomic E-state index is 0.939. The highest BCUT2D eigenvalue weighted by Gasteiger charge is 2.11. The summed E-state index contributed by atoms with van der Waals surface area (Å²) in [5.41, 5.74) is 8.25. The van der Waals surface area contributed by atoms with Crippen LogP contribution in [0.2, 0.25) is 0 Å². The molecule has 0 bridgehead atoms. The monoisotopic (exact) mass is 284 g/mol. The highest BCUT2D eigenvalue weighted by Crippen LogP contribution is 2.30. The third kappa shape index (κ3) is 3.01. The van der Waals surface area contributed by atoms with E-state index < -0.39 is 0 Å². The summed E-state index contributed by atoms with van der Waals surface area (Å²) in [7, 11) is 0. The van der Waals surface area contributed by atoms with Crippen molar-refractivity contribution in [2.75, 3.05) is 0 Å². The molecule has 0 aromatic carbocycles. The zero-order valence-electron chi connectivity index (χ0n) is 13.0. The predicted octanol–water partition coefficient (Wildman–Crippen LogP) is 5.85. The van der Waals surface area contributed by atoms with Crippen LogP contribution < -0.4 is 0 Å². The van der Waals surface area contributed by atoms with E-state index in [4.69, 9.17) is 0 Å². The van der Waals surface area contributed by atoms with Gasteiger partial charge in [-0.1, -0.05) is 67.3 Å². The Hall–Kier alpha value is -2.60. The zero-order chi connectivity index (χ0) is 15.5. The molecule has 0 atom stereocenters. The molecule has 0 heterocycles. The molecule has 0 N–H and O–H groups in total. The maximum Gasteiger partial charge on any atom is -0.00998 e. The van der Waals surface area contributed by atoms with Crippen molar-refractivity contribution < 1.29 is 0 Å². The summed E-state index contributed by atoms with van der Waals surface area (Å²) in [4.78, 5) is 0. The standard InChI is InChI=1S/C22H20/c1-4-18-9-11-20(14-18)22-13-17(3)8-10-21(15-22)19-7-5-6-16(2)12-19/h4-5,7-15H,2-3,6H2,1H3/b18-4-. The SMILES string of the molecule is C=C1C=CC(C2=CC(=C)CC=C2)=CC(C2=C/C(=C\C)C=C2)=C1. The minimum atomic E-state index is 0.939. The van der Waals surface area contributed by atoms with Crippen LogP contribution in [0.5, 0.6) is 0 Å². The van der Waals surface area contributed by atoms with Crippen molar-refractivity contribution in [1.82, 2.24) is 0 Å². The lowest BCUT2D eigenvalue weighted by Gasteiger charge is -2.10. The van der Waals surface area contributed by atoms with Gasteiger partial charge in [-0.3, -0.25) is 0 Å². The van der Waals surface area contributed by atoms with E-state index in [1.165, 1.54) is 27.9 Å². The number of rotatable bonds is 2. The van der Waals surface area contributed by atoms with Gasteiger partial charge in [0, 0.05) is 0 Å². The molecule has 0 unspecified atom stereocenters. The molecule has 3 rings (SSSR count). The first-order chi connectivity index (χ1) is 10.7. The average molecular weight is 284 g/mol. The van der Waals surface area contributed by atoms with Crippen LogP contribution in [0.1, 0.15) is 13.3 Å². The average Bonchev–Trinajstić information content (AvgIpc) is 2.91. The minimum Gasteiger partial charge on any atom is -0.0955 e. The van der Waals surface area contributed by atoms with Gasteiger partial charge < -0.3 is 0 Å². The van der Waals surface area contributed by atoms with Crippen molar-refractivity contribution in [3.8, 4) is 0 Å².